The number of nitrogens with zero attached hydrogens (tertiary/aromatic N) is 4. The maximum Gasteiger partial charge on any atom is 0.229 e. The Hall–Kier alpha value is -3.36. The molecule has 8 nitrogen and oxygen atoms in total. The van der Waals surface area contributed by atoms with Crippen LogP contribution in [0.1, 0.15) is 12.8 Å². The molecule has 3 aliphatic rings. The second-order valence-corrected chi connectivity index (χ2v) is 8.59. The van der Waals surface area contributed by atoms with Crippen LogP contribution in [0.3, 0.4) is 0 Å². The first-order valence-corrected chi connectivity index (χ1v) is 11.6. The molecular weight excluding hydrogens is 414 g/mol. The van der Waals surface area contributed by atoms with Gasteiger partial charge in [-0.2, -0.15) is 4.98 Å². The predicted molar refractivity (Wildman–Crippen MR) is 133 cm³/mol. The van der Waals surface area contributed by atoms with Crippen LogP contribution in [0.4, 0.5) is 34.5 Å². The lowest BCUT2D eigenvalue weighted by Crippen LogP contribution is -2.30. The van der Waals surface area contributed by atoms with Crippen LogP contribution in [0.2, 0.25) is 0 Å². The minimum Gasteiger partial charge on any atom is -0.399 e. The van der Waals surface area contributed by atoms with Gasteiger partial charge in [0.05, 0.1) is 26.1 Å². The molecule has 0 unspecified atom stereocenters. The highest BCUT2D eigenvalue weighted by Gasteiger charge is 2.33. The third-order valence-corrected chi connectivity index (χ3v) is 5.89. The number of morpholine rings is 1. The number of hydrogen-bond acceptors (Lipinski definition) is 8. The van der Waals surface area contributed by atoms with Gasteiger partial charge in [0.15, 0.2) is 5.82 Å². The van der Waals surface area contributed by atoms with Crippen LogP contribution in [0, 0.1) is 5.92 Å². The molecule has 0 radical (unpaired) electrons. The fraction of sp³-hybridized carbons (Fsp3) is 0.360. The van der Waals surface area contributed by atoms with Crippen molar-refractivity contribution in [1.82, 2.24) is 15.3 Å². The molecule has 1 aromatic heterocycles. The Morgan fingerprint density at radius 2 is 1.88 bits per heavy atom. The molecule has 0 amide bonds. The summed E-state index contributed by atoms with van der Waals surface area (Å²) in [5.41, 5.74) is 9.89. The first kappa shape index (κ1) is 21.5. The highest BCUT2D eigenvalue weighted by molar-refractivity contribution is 5.80. The maximum atomic E-state index is 6.02. The second kappa shape index (κ2) is 10.1. The number of benzene rings is 2. The van der Waals surface area contributed by atoms with E-state index in [-0.39, 0.29) is 0 Å². The molecule has 4 N–H and O–H groups in total. The van der Waals surface area contributed by atoms with Crippen molar-refractivity contribution in [3.8, 4) is 0 Å². The van der Waals surface area contributed by atoms with Gasteiger partial charge in [-0.15, -0.1) is 0 Å². The third kappa shape index (κ3) is 5.53. The zero-order valence-corrected chi connectivity index (χ0v) is 18.8. The minimum absolute atomic E-state index is 0.599. The van der Waals surface area contributed by atoms with E-state index in [1.54, 1.807) is 0 Å². The Morgan fingerprint density at radius 3 is 2.55 bits per heavy atom. The second-order valence-electron chi connectivity index (χ2n) is 8.59. The summed E-state index contributed by atoms with van der Waals surface area (Å²) >= 11 is 0. The number of ether oxygens (including phenoxy) is 1. The quantitative estimate of drug-likeness (QED) is 0.512. The van der Waals surface area contributed by atoms with Crippen LogP contribution >= 0.6 is 0 Å². The number of nitrogens with one attached hydrogen (secondary N) is 2. The summed E-state index contributed by atoms with van der Waals surface area (Å²) in [6.45, 7) is 5.67. The van der Waals surface area contributed by atoms with Crippen LogP contribution in [0.5, 0.6) is 0 Å². The Balaban J connectivity index is 0.000000332. The average molecular weight is 446 g/mol. The molecule has 33 heavy (non-hydrogen) atoms. The van der Waals surface area contributed by atoms with E-state index in [1.165, 1.54) is 12.8 Å². The summed E-state index contributed by atoms with van der Waals surface area (Å²) in [7, 11) is 0. The third-order valence-electron chi connectivity index (χ3n) is 5.89. The van der Waals surface area contributed by atoms with Gasteiger partial charge in [-0.3, -0.25) is 0 Å². The smallest absolute Gasteiger partial charge is 0.229 e. The monoisotopic (exact) mass is 445 g/mol. The van der Waals surface area contributed by atoms with Gasteiger partial charge < -0.3 is 30.9 Å². The first-order chi connectivity index (χ1) is 16.3. The van der Waals surface area contributed by atoms with E-state index in [1.807, 2.05) is 54.7 Å². The molecular formula is C25H31N7O. The summed E-state index contributed by atoms with van der Waals surface area (Å²) in [6, 6.07) is 18.0. The molecule has 2 fully saturated rings. The molecule has 2 aliphatic heterocycles. The van der Waals surface area contributed by atoms with Crippen LogP contribution in [-0.2, 0) is 4.74 Å². The molecule has 1 aliphatic carbocycles. The molecule has 3 heterocycles. The predicted octanol–water partition coefficient (Wildman–Crippen LogP) is 3.73. The van der Waals surface area contributed by atoms with Crippen LogP contribution in [0.25, 0.3) is 0 Å². The summed E-state index contributed by atoms with van der Waals surface area (Å²) < 4.78 is 5.01. The van der Waals surface area contributed by atoms with Gasteiger partial charge >= 0.3 is 0 Å². The Labute approximate surface area is 194 Å². The van der Waals surface area contributed by atoms with E-state index in [2.05, 4.69) is 31.5 Å². The van der Waals surface area contributed by atoms with Crippen molar-refractivity contribution in [2.45, 2.75) is 12.8 Å². The zero-order valence-electron chi connectivity index (χ0n) is 18.8. The van der Waals surface area contributed by atoms with Gasteiger partial charge in [0.2, 0.25) is 5.95 Å². The van der Waals surface area contributed by atoms with E-state index >= 15 is 0 Å². The van der Waals surface area contributed by atoms with Gasteiger partial charge in [-0.05, 0) is 49.1 Å². The number of nitrogen functional groups attached to an aromatic ring is 1. The van der Waals surface area contributed by atoms with Crippen molar-refractivity contribution in [2.75, 3.05) is 60.4 Å². The van der Waals surface area contributed by atoms with Crippen molar-refractivity contribution in [3.05, 3.63) is 60.8 Å². The van der Waals surface area contributed by atoms with E-state index < -0.39 is 0 Å². The molecule has 6 rings (SSSR count). The lowest BCUT2D eigenvalue weighted by Gasteiger charge is -2.21. The van der Waals surface area contributed by atoms with Gasteiger partial charge in [0.1, 0.15) is 5.69 Å². The summed E-state index contributed by atoms with van der Waals surface area (Å²) in [4.78, 5) is 14.0. The summed E-state index contributed by atoms with van der Waals surface area (Å²) in [5.74, 6) is 2.32. The van der Waals surface area contributed by atoms with Crippen molar-refractivity contribution in [1.29, 1.82) is 0 Å². The standard InChI is InChI=1S/C21H22N6.C4H9NO/c22-16-5-4-8-18(11-16)27-14-26(13-15-9-10-15)19-12-23-21(25-20(19)27)24-17-6-2-1-3-7-17;1-3-6-4-2-5-1/h1-8,11-12,15H,9-10,13-14,22H2,(H,23,24,25);5H,1-4H2. The number of anilines is 6. The number of hydrogen-bond donors (Lipinski definition) is 3. The van der Waals surface area contributed by atoms with Crippen molar-refractivity contribution in [2.24, 2.45) is 5.92 Å². The van der Waals surface area contributed by atoms with Crippen LogP contribution in [-0.4, -0.2) is 49.5 Å². The van der Waals surface area contributed by atoms with Crippen LogP contribution < -0.4 is 26.2 Å². The fourth-order valence-corrected chi connectivity index (χ4v) is 3.99. The van der Waals surface area contributed by atoms with Gasteiger partial charge in [0, 0.05) is 36.7 Å². The normalized spacial score (nSPS) is 17.2. The molecule has 0 spiro atoms. The van der Waals surface area contributed by atoms with E-state index in [9.17, 15) is 0 Å². The Morgan fingerprint density at radius 1 is 1.06 bits per heavy atom. The lowest BCUT2D eigenvalue weighted by atomic mass is 10.2. The van der Waals surface area contributed by atoms with E-state index in [0.29, 0.717) is 5.95 Å². The largest absolute Gasteiger partial charge is 0.399 e. The first-order valence-electron chi connectivity index (χ1n) is 11.6. The SMILES string of the molecule is C1COCCN1.Nc1cccc(N2CN(CC3CC3)c3cnc(Nc4ccccc4)nc32)c1. The van der Waals surface area contributed by atoms with E-state index in [4.69, 9.17) is 15.5 Å². The van der Waals surface area contributed by atoms with Gasteiger partial charge in [0.25, 0.3) is 0 Å². The Bertz CT molecular complexity index is 1040. The molecule has 3 aromatic rings. The lowest BCUT2D eigenvalue weighted by molar-refractivity contribution is 0.109. The highest BCUT2D eigenvalue weighted by atomic mass is 16.5. The van der Waals surface area contributed by atoms with Crippen molar-refractivity contribution < 1.29 is 4.74 Å². The number of nitrogens with two attached hydrogens (primary N) is 1. The van der Waals surface area contributed by atoms with Crippen molar-refractivity contribution in [3.63, 3.8) is 0 Å². The number of aromatic nitrogens is 2. The molecule has 1 saturated heterocycles. The molecule has 8 heteroatoms. The number of rotatable bonds is 5. The number of fused-ring (bicyclic) bond motifs is 1. The van der Waals surface area contributed by atoms with E-state index in [0.717, 1.165) is 74.0 Å². The molecule has 172 valence electrons. The highest BCUT2D eigenvalue weighted by Crippen LogP contribution is 2.42. The Kier molecular flexibility index (Phi) is 6.55. The number of para-hydroxylation sites is 1. The van der Waals surface area contributed by atoms with Crippen molar-refractivity contribution >= 4 is 34.5 Å². The maximum absolute atomic E-state index is 6.02. The van der Waals surface area contributed by atoms with Crippen LogP contribution in [0.15, 0.2) is 60.8 Å². The topological polar surface area (TPSA) is 91.6 Å². The fourth-order valence-electron chi connectivity index (χ4n) is 3.99. The average Bonchev–Trinajstić information content (AvgIpc) is 3.61. The van der Waals surface area contributed by atoms with Gasteiger partial charge in [-0.1, -0.05) is 24.3 Å². The zero-order chi connectivity index (χ0) is 22.5. The summed E-state index contributed by atoms with van der Waals surface area (Å²) in [5, 5.41) is 6.45. The molecule has 0 bridgehead atoms. The summed E-state index contributed by atoms with van der Waals surface area (Å²) in [6.07, 6.45) is 4.57. The molecule has 2 aromatic carbocycles. The van der Waals surface area contributed by atoms with Gasteiger partial charge in [-0.25, -0.2) is 4.98 Å². The minimum atomic E-state index is 0.599. The molecule has 1 saturated carbocycles. The molecule has 0 atom stereocenters.